The minimum absolute atomic E-state index is 0.251. The first-order valence-electron chi connectivity index (χ1n) is 5.27. The van der Waals surface area contributed by atoms with E-state index in [9.17, 15) is 5.11 Å². The molecule has 1 aromatic carbocycles. The minimum atomic E-state index is -0.251. The molecule has 16 heavy (non-hydrogen) atoms. The van der Waals surface area contributed by atoms with E-state index in [2.05, 4.69) is 28.1 Å². The van der Waals surface area contributed by atoms with Gasteiger partial charge >= 0.3 is 0 Å². The molecule has 0 fully saturated rings. The Balaban J connectivity index is 2.23. The fraction of sp³-hybridized carbons (Fsp3) is 0.500. The van der Waals surface area contributed by atoms with Crippen LogP contribution in [0.15, 0.2) is 33.6 Å². The van der Waals surface area contributed by atoms with E-state index in [1.807, 2.05) is 12.1 Å². The second-order valence-electron chi connectivity index (χ2n) is 3.56. The average Bonchev–Trinajstić information content (AvgIpc) is 2.27. The number of ether oxygens (including phenoxy) is 1. The molecule has 0 bridgehead atoms. The van der Waals surface area contributed by atoms with E-state index < -0.39 is 0 Å². The topological polar surface area (TPSA) is 29.5 Å². The van der Waals surface area contributed by atoms with Crippen LogP contribution in [0.25, 0.3) is 0 Å². The zero-order valence-electron chi connectivity index (χ0n) is 9.36. The van der Waals surface area contributed by atoms with Crippen LogP contribution in [0.2, 0.25) is 0 Å². The summed E-state index contributed by atoms with van der Waals surface area (Å²) in [6, 6.07) is 8.12. The normalized spacial score (nSPS) is 12.7. The highest BCUT2D eigenvalue weighted by Gasteiger charge is 2.05. The largest absolute Gasteiger partial charge is 0.392 e. The van der Waals surface area contributed by atoms with Gasteiger partial charge < -0.3 is 9.84 Å². The van der Waals surface area contributed by atoms with Gasteiger partial charge in [0.2, 0.25) is 0 Å². The van der Waals surface area contributed by atoms with Gasteiger partial charge in [0, 0.05) is 28.8 Å². The predicted molar refractivity (Wildman–Crippen MR) is 72.0 cm³/mol. The molecule has 0 heterocycles. The van der Waals surface area contributed by atoms with Crippen molar-refractivity contribution in [3.05, 3.63) is 28.7 Å². The Morgan fingerprint density at radius 3 is 3.00 bits per heavy atom. The van der Waals surface area contributed by atoms with Crippen LogP contribution in [0.1, 0.15) is 12.8 Å². The third-order valence-corrected chi connectivity index (χ3v) is 3.76. The number of rotatable bonds is 7. The molecule has 1 aromatic rings. The van der Waals surface area contributed by atoms with Gasteiger partial charge in [-0.25, -0.2) is 0 Å². The van der Waals surface area contributed by atoms with E-state index in [1.165, 1.54) is 4.90 Å². The summed E-state index contributed by atoms with van der Waals surface area (Å²) in [6.07, 6.45) is 1.46. The first-order chi connectivity index (χ1) is 7.72. The number of aliphatic hydroxyl groups is 1. The molecule has 2 nitrogen and oxygen atoms in total. The zero-order valence-corrected chi connectivity index (χ0v) is 11.8. The minimum Gasteiger partial charge on any atom is -0.392 e. The molecule has 1 atom stereocenters. The predicted octanol–water partition coefficient (Wildman–Crippen LogP) is 3.33. The summed E-state index contributed by atoms with van der Waals surface area (Å²) in [6.45, 7) is 0.721. The van der Waals surface area contributed by atoms with E-state index >= 15 is 0 Å². The first-order valence-corrected chi connectivity index (χ1v) is 7.05. The van der Waals surface area contributed by atoms with Crippen LogP contribution >= 0.6 is 27.7 Å². The molecule has 0 aliphatic rings. The SMILES string of the molecule is COCCCC(O)CSc1cccc(Br)c1. The summed E-state index contributed by atoms with van der Waals surface area (Å²) in [4.78, 5) is 1.18. The van der Waals surface area contributed by atoms with E-state index in [-0.39, 0.29) is 6.10 Å². The lowest BCUT2D eigenvalue weighted by Crippen LogP contribution is -2.10. The van der Waals surface area contributed by atoms with Gasteiger partial charge in [0.25, 0.3) is 0 Å². The monoisotopic (exact) mass is 304 g/mol. The van der Waals surface area contributed by atoms with Crippen LogP contribution in [0, 0.1) is 0 Å². The van der Waals surface area contributed by atoms with Crippen LogP contribution < -0.4 is 0 Å². The van der Waals surface area contributed by atoms with E-state index in [4.69, 9.17) is 4.74 Å². The van der Waals surface area contributed by atoms with Crippen LogP contribution in [-0.4, -0.2) is 30.7 Å². The van der Waals surface area contributed by atoms with Gasteiger partial charge in [-0.2, -0.15) is 0 Å². The summed E-state index contributed by atoms with van der Waals surface area (Å²) in [5, 5.41) is 9.72. The molecule has 0 saturated carbocycles. The highest BCUT2D eigenvalue weighted by Crippen LogP contribution is 2.23. The number of hydrogen-bond acceptors (Lipinski definition) is 3. The van der Waals surface area contributed by atoms with Crippen molar-refractivity contribution in [2.75, 3.05) is 19.5 Å². The number of methoxy groups -OCH3 is 1. The molecular weight excluding hydrogens is 288 g/mol. The third-order valence-electron chi connectivity index (χ3n) is 2.12. The fourth-order valence-electron chi connectivity index (χ4n) is 1.30. The van der Waals surface area contributed by atoms with Gasteiger partial charge in [0.1, 0.15) is 0 Å². The van der Waals surface area contributed by atoms with Gasteiger partial charge in [-0.1, -0.05) is 22.0 Å². The van der Waals surface area contributed by atoms with Crippen LogP contribution in [-0.2, 0) is 4.74 Å². The van der Waals surface area contributed by atoms with Gasteiger partial charge in [-0.15, -0.1) is 11.8 Å². The Labute approximate surface area is 110 Å². The summed E-state index contributed by atoms with van der Waals surface area (Å²) in [7, 11) is 1.68. The molecule has 0 amide bonds. The second-order valence-corrected chi connectivity index (χ2v) is 5.57. The van der Waals surface area contributed by atoms with Gasteiger partial charge in [0.15, 0.2) is 0 Å². The molecule has 0 spiro atoms. The van der Waals surface area contributed by atoms with E-state index in [0.29, 0.717) is 0 Å². The summed E-state index contributed by atoms with van der Waals surface area (Å²) in [5.74, 6) is 0.736. The molecule has 4 heteroatoms. The zero-order chi connectivity index (χ0) is 11.8. The fourth-order valence-corrected chi connectivity index (χ4v) is 2.78. The molecule has 1 N–H and O–H groups in total. The lowest BCUT2D eigenvalue weighted by molar-refractivity contribution is 0.149. The highest BCUT2D eigenvalue weighted by molar-refractivity contribution is 9.10. The molecular formula is C12H17BrO2S. The van der Waals surface area contributed by atoms with Crippen molar-refractivity contribution in [1.82, 2.24) is 0 Å². The molecule has 0 radical (unpaired) electrons. The van der Waals surface area contributed by atoms with Crippen LogP contribution in [0.4, 0.5) is 0 Å². The number of halogens is 1. The first kappa shape index (κ1) is 14.0. The Morgan fingerprint density at radius 1 is 1.50 bits per heavy atom. The summed E-state index contributed by atoms with van der Waals surface area (Å²) in [5.41, 5.74) is 0. The van der Waals surface area contributed by atoms with Crippen molar-refractivity contribution in [1.29, 1.82) is 0 Å². The Hall–Kier alpha value is -0.0300. The highest BCUT2D eigenvalue weighted by atomic mass is 79.9. The smallest absolute Gasteiger partial charge is 0.0635 e. The van der Waals surface area contributed by atoms with Crippen LogP contribution in [0.5, 0.6) is 0 Å². The van der Waals surface area contributed by atoms with Gasteiger partial charge in [0.05, 0.1) is 6.10 Å². The lowest BCUT2D eigenvalue weighted by atomic mass is 10.2. The Kier molecular flexibility index (Phi) is 7.12. The van der Waals surface area contributed by atoms with Crippen molar-refractivity contribution in [2.24, 2.45) is 0 Å². The molecule has 0 saturated heterocycles. The maximum absolute atomic E-state index is 9.72. The van der Waals surface area contributed by atoms with Crippen molar-refractivity contribution in [2.45, 2.75) is 23.8 Å². The number of thioether (sulfide) groups is 1. The molecule has 0 aliphatic heterocycles. The molecule has 1 rings (SSSR count). The molecule has 0 aromatic heterocycles. The maximum Gasteiger partial charge on any atom is 0.0635 e. The van der Waals surface area contributed by atoms with Crippen molar-refractivity contribution >= 4 is 27.7 Å². The number of aliphatic hydroxyl groups excluding tert-OH is 1. The molecule has 0 aliphatic carbocycles. The van der Waals surface area contributed by atoms with Crippen LogP contribution in [0.3, 0.4) is 0 Å². The second kappa shape index (κ2) is 8.12. The third kappa shape index (κ3) is 5.89. The standard InChI is InChI=1S/C12H17BrO2S/c1-15-7-3-5-11(14)9-16-12-6-2-4-10(13)8-12/h2,4,6,8,11,14H,3,5,7,9H2,1H3. The van der Waals surface area contributed by atoms with Crippen molar-refractivity contribution in [3.63, 3.8) is 0 Å². The maximum atomic E-state index is 9.72. The van der Waals surface area contributed by atoms with E-state index in [0.717, 1.165) is 29.7 Å². The van der Waals surface area contributed by atoms with E-state index in [1.54, 1.807) is 18.9 Å². The number of benzene rings is 1. The lowest BCUT2D eigenvalue weighted by Gasteiger charge is -2.09. The quantitative estimate of drug-likeness (QED) is 0.619. The summed E-state index contributed by atoms with van der Waals surface area (Å²) >= 11 is 5.11. The van der Waals surface area contributed by atoms with Crippen molar-refractivity contribution in [3.8, 4) is 0 Å². The summed E-state index contributed by atoms with van der Waals surface area (Å²) < 4.78 is 6.02. The van der Waals surface area contributed by atoms with Gasteiger partial charge in [-0.05, 0) is 31.0 Å². The average molecular weight is 305 g/mol. The Morgan fingerprint density at radius 2 is 2.31 bits per heavy atom. The van der Waals surface area contributed by atoms with Crippen molar-refractivity contribution < 1.29 is 9.84 Å². The number of hydrogen-bond donors (Lipinski definition) is 1. The molecule has 1 unspecified atom stereocenters. The Bertz CT molecular complexity index is 307. The molecule has 90 valence electrons. The van der Waals surface area contributed by atoms with Gasteiger partial charge in [-0.3, -0.25) is 0 Å².